The molecule has 0 radical (unpaired) electrons. The molecule has 1 aromatic rings. The normalized spacial score (nSPS) is 10.3. The van der Waals surface area contributed by atoms with Crippen LogP contribution in [0.15, 0.2) is 23.1 Å². The topological polar surface area (TPSA) is 49.3 Å². The second-order valence-corrected chi connectivity index (χ2v) is 5.00. The summed E-state index contributed by atoms with van der Waals surface area (Å²) in [5.41, 5.74) is 2.41. The van der Waals surface area contributed by atoms with Crippen LogP contribution in [0.5, 0.6) is 0 Å². The largest absolute Gasteiger partial charge is 0.396 e. The molecule has 0 heterocycles. The number of thioether (sulfide) groups is 1. The number of aliphatic hydroxyl groups is 1. The maximum absolute atomic E-state index is 11.5. The molecule has 0 aliphatic heterocycles. The Kier molecular flexibility index (Phi) is 6.08. The lowest BCUT2D eigenvalue weighted by Crippen LogP contribution is -2.26. The SMILES string of the molecule is Cc1ccc(C)c(SCC(=O)NCCCO)c1. The van der Waals surface area contributed by atoms with Crippen molar-refractivity contribution in [2.24, 2.45) is 0 Å². The van der Waals surface area contributed by atoms with Crippen LogP contribution >= 0.6 is 11.8 Å². The molecule has 17 heavy (non-hydrogen) atoms. The number of hydrogen-bond donors (Lipinski definition) is 2. The molecular formula is C13H19NO2S. The zero-order valence-electron chi connectivity index (χ0n) is 10.3. The maximum atomic E-state index is 11.5. The van der Waals surface area contributed by atoms with Crippen molar-refractivity contribution < 1.29 is 9.90 Å². The number of hydrogen-bond acceptors (Lipinski definition) is 3. The summed E-state index contributed by atoms with van der Waals surface area (Å²) in [6, 6.07) is 6.24. The highest BCUT2D eigenvalue weighted by Gasteiger charge is 2.04. The molecule has 2 N–H and O–H groups in total. The molecule has 3 nitrogen and oxygen atoms in total. The Hall–Kier alpha value is -1.00. The van der Waals surface area contributed by atoms with Gasteiger partial charge in [-0.15, -0.1) is 11.8 Å². The predicted octanol–water partition coefficient (Wildman–Crippen LogP) is 1.89. The van der Waals surface area contributed by atoms with E-state index in [0.29, 0.717) is 18.7 Å². The molecule has 0 bridgehead atoms. The van der Waals surface area contributed by atoms with Crippen LogP contribution in [0.2, 0.25) is 0 Å². The number of aryl methyl sites for hydroxylation is 2. The second-order valence-electron chi connectivity index (χ2n) is 3.98. The standard InChI is InChI=1S/C13H19NO2S/c1-10-4-5-11(2)12(8-10)17-9-13(16)14-6-3-7-15/h4-5,8,15H,3,6-7,9H2,1-2H3,(H,14,16). The summed E-state index contributed by atoms with van der Waals surface area (Å²) in [6.07, 6.45) is 0.611. The zero-order valence-corrected chi connectivity index (χ0v) is 11.1. The fraction of sp³-hybridized carbons (Fsp3) is 0.462. The van der Waals surface area contributed by atoms with E-state index in [1.807, 2.05) is 13.8 Å². The van der Waals surface area contributed by atoms with Gasteiger partial charge in [-0.05, 0) is 31.9 Å². The highest BCUT2D eigenvalue weighted by Crippen LogP contribution is 2.23. The van der Waals surface area contributed by atoms with Crippen molar-refractivity contribution in [2.45, 2.75) is 25.2 Å². The third-order valence-electron chi connectivity index (χ3n) is 2.36. The third kappa shape index (κ3) is 5.24. The van der Waals surface area contributed by atoms with Crippen LogP contribution in [0, 0.1) is 13.8 Å². The summed E-state index contributed by atoms with van der Waals surface area (Å²) < 4.78 is 0. The van der Waals surface area contributed by atoms with Crippen LogP contribution in [0.1, 0.15) is 17.5 Å². The molecule has 0 aromatic heterocycles. The summed E-state index contributed by atoms with van der Waals surface area (Å²) in [4.78, 5) is 12.6. The van der Waals surface area contributed by atoms with Crippen molar-refractivity contribution in [1.29, 1.82) is 0 Å². The first-order valence-corrected chi connectivity index (χ1v) is 6.69. The lowest BCUT2D eigenvalue weighted by molar-refractivity contribution is -0.118. The van der Waals surface area contributed by atoms with Crippen molar-refractivity contribution in [3.05, 3.63) is 29.3 Å². The van der Waals surface area contributed by atoms with Gasteiger partial charge in [0.15, 0.2) is 0 Å². The molecule has 0 saturated heterocycles. The Morgan fingerprint density at radius 1 is 1.41 bits per heavy atom. The van der Waals surface area contributed by atoms with Gasteiger partial charge in [-0.25, -0.2) is 0 Å². The van der Waals surface area contributed by atoms with Crippen LogP contribution in [0.25, 0.3) is 0 Å². The van der Waals surface area contributed by atoms with Gasteiger partial charge in [-0.1, -0.05) is 17.7 Å². The molecule has 1 aromatic carbocycles. The summed E-state index contributed by atoms with van der Waals surface area (Å²) in [5.74, 6) is 0.444. The molecule has 1 amide bonds. The smallest absolute Gasteiger partial charge is 0.230 e. The van der Waals surface area contributed by atoms with Gasteiger partial charge >= 0.3 is 0 Å². The van der Waals surface area contributed by atoms with Crippen LogP contribution < -0.4 is 5.32 Å². The van der Waals surface area contributed by atoms with E-state index in [1.165, 1.54) is 11.1 Å². The van der Waals surface area contributed by atoms with Gasteiger partial charge in [0, 0.05) is 18.0 Å². The predicted molar refractivity (Wildman–Crippen MR) is 71.4 cm³/mol. The lowest BCUT2D eigenvalue weighted by Gasteiger charge is -2.07. The summed E-state index contributed by atoms with van der Waals surface area (Å²) in [7, 11) is 0. The minimum absolute atomic E-state index is 0.0179. The van der Waals surface area contributed by atoms with E-state index in [-0.39, 0.29) is 12.5 Å². The Labute approximate surface area is 107 Å². The Bertz CT molecular complexity index is 380. The third-order valence-corrected chi connectivity index (χ3v) is 3.52. The fourth-order valence-electron chi connectivity index (χ4n) is 1.36. The van der Waals surface area contributed by atoms with Crippen LogP contribution in [-0.2, 0) is 4.79 Å². The van der Waals surface area contributed by atoms with Gasteiger partial charge in [-0.3, -0.25) is 4.79 Å². The van der Waals surface area contributed by atoms with Crippen molar-refractivity contribution >= 4 is 17.7 Å². The minimum atomic E-state index is 0.0179. The van der Waals surface area contributed by atoms with Gasteiger partial charge < -0.3 is 10.4 Å². The Morgan fingerprint density at radius 3 is 2.88 bits per heavy atom. The van der Waals surface area contributed by atoms with Crippen molar-refractivity contribution in [2.75, 3.05) is 18.9 Å². The van der Waals surface area contributed by atoms with E-state index >= 15 is 0 Å². The average molecular weight is 253 g/mol. The van der Waals surface area contributed by atoms with E-state index < -0.39 is 0 Å². The minimum Gasteiger partial charge on any atom is -0.396 e. The molecule has 4 heteroatoms. The van der Waals surface area contributed by atoms with Gasteiger partial charge in [0.25, 0.3) is 0 Å². The second kappa shape index (κ2) is 7.35. The van der Waals surface area contributed by atoms with E-state index in [4.69, 9.17) is 5.11 Å². The molecule has 0 aliphatic rings. The lowest BCUT2D eigenvalue weighted by atomic mass is 10.2. The first-order chi connectivity index (χ1) is 8.13. The molecule has 0 unspecified atom stereocenters. The molecule has 0 saturated carbocycles. The first-order valence-electron chi connectivity index (χ1n) is 5.71. The number of amides is 1. The van der Waals surface area contributed by atoms with Crippen LogP contribution in [-0.4, -0.2) is 29.9 Å². The number of rotatable bonds is 6. The van der Waals surface area contributed by atoms with Gasteiger partial charge in [0.1, 0.15) is 0 Å². The van der Waals surface area contributed by atoms with Gasteiger partial charge in [0.2, 0.25) is 5.91 Å². The van der Waals surface area contributed by atoms with Crippen molar-refractivity contribution in [3.63, 3.8) is 0 Å². The van der Waals surface area contributed by atoms with Crippen LogP contribution in [0.4, 0.5) is 0 Å². The fourth-order valence-corrected chi connectivity index (χ4v) is 2.32. The van der Waals surface area contributed by atoms with E-state index in [0.717, 1.165) is 4.90 Å². The Balaban J connectivity index is 2.39. The molecule has 0 spiro atoms. The summed E-state index contributed by atoms with van der Waals surface area (Å²) >= 11 is 1.55. The Morgan fingerprint density at radius 2 is 2.18 bits per heavy atom. The first kappa shape index (κ1) is 14.1. The van der Waals surface area contributed by atoms with Crippen molar-refractivity contribution in [3.8, 4) is 0 Å². The summed E-state index contributed by atoms with van der Waals surface area (Å²) in [5, 5.41) is 11.4. The number of aliphatic hydroxyl groups excluding tert-OH is 1. The monoisotopic (exact) mass is 253 g/mol. The highest BCUT2D eigenvalue weighted by molar-refractivity contribution is 8.00. The molecule has 1 rings (SSSR count). The summed E-state index contributed by atoms with van der Waals surface area (Å²) in [6.45, 7) is 4.75. The van der Waals surface area contributed by atoms with E-state index in [9.17, 15) is 4.79 Å². The molecular weight excluding hydrogens is 234 g/mol. The molecule has 0 atom stereocenters. The maximum Gasteiger partial charge on any atom is 0.230 e. The van der Waals surface area contributed by atoms with Crippen LogP contribution in [0.3, 0.4) is 0 Å². The van der Waals surface area contributed by atoms with E-state index in [1.54, 1.807) is 11.8 Å². The van der Waals surface area contributed by atoms with Crippen molar-refractivity contribution in [1.82, 2.24) is 5.32 Å². The number of nitrogens with one attached hydrogen (secondary N) is 1. The zero-order chi connectivity index (χ0) is 12.7. The average Bonchev–Trinajstić information content (AvgIpc) is 2.31. The highest BCUT2D eigenvalue weighted by atomic mass is 32.2. The number of carbonyl (C=O) groups is 1. The number of carbonyl (C=O) groups excluding carboxylic acids is 1. The number of benzene rings is 1. The molecule has 0 aliphatic carbocycles. The van der Waals surface area contributed by atoms with Gasteiger partial charge in [0.05, 0.1) is 5.75 Å². The quantitative estimate of drug-likeness (QED) is 0.601. The van der Waals surface area contributed by atoms with E-state index in [2.05, 4.69) is 23.5 Å². The molecule has 94 valence electrons. The molecule has 0 fully saturated rings. The van der Waals surface area contributed by atoms with Gasteiger partial charge in [-0.2, -0.15) is 0 Å².